The smallest absolute Gasteiger partial charge is 0.339 e. The summed E-state index contributed by atoms with van der Waals surface area (Å²) in [5.74, 6) is -0.595. The van der Waals surface area contributed by atoms with Crippen LogP contribution in [0.25, 0.3) is 0 Å². The van der Waals surface area contributed by atoms with Crippen molar-refractivity contribution in [2.24, 2.45) is 0 Å². The number of hydrogen-bond acceptors (Lipinski definition) is 4. The number of nitrogens with zero attached hydrogens (tertiary/aromatic N) is 1. The number of anilines is 1. The molecule has 5 heteroatoms. The van der Waals surface area contributed by atoms with Crippen LogP contribution in [0, 0.1) is 0 Å². The molecule has 1 aromatic carbocycles. The molecule has 0 saturated heterocycles. The number of para-hydroxylation sites is 1. The van der Waals surface area contributed by atoms with Gasteiger partial charge in [0.05, 0.1) is 18.4 Å². The Morgan fingerprint density at radius 1 is 1.23 bits per heavy atom. The van der Waals surface area contributed by atoms with Crippen LogP contribution in [0.1, 0.15) is 35.2 Å². The highest BCUT2D eigenvalue weighted by Crippen LogP contribution is 2.20. The van der Waals surface area contributed by atoms with Crippen LogP contribution in [0.2, 0.25) is 0 Å². The molecule has 22 heavy (non-hydrogen) atoms. The maximum atomic E-state index is 12.2. The normalized spacial score (nSPS) is 11.5. The summed E-state index contributed by atoms with van der Waals surface area (Å²) in [6.45, 7) is 1.96. The quantitative estimate of drug-likeness (QED) is 0.862. The van der Waals surface area contributed by atoms with Gasteiger partial charge in [-0.15, -0.1) is 0 Å². The second kappa shape index (κ2) is 7.36. The summed E-state index contributed by atoms with van der Waals surface area (Å²) in [4.78, 5) is 27.9. The summed E-state index contributed by atoms with van der Waals surface area (Å²) in [5.41, 5.74) is 1.80. The molecule has 1 aromatic heterocycles. The van der Waals surface area contributed by atoms with Gasteiger partial charge in [-0.1, -0.05) is 25.1 Å². The van der Waals surface area contributed by atoms with Gasteiger partial charge in [0, 0.05) is 18.8 Å². The van der Waals surface area contributed by atoms with Gasteiger partial charge in [0.15, 0.2) is 0 Å². The molecule has 0 radical (unpaired) electrons. The van der Waals surface area contributed by atoms with Crippen LogP contribution >= 0.6 is 0 Å². The maximum Gasteiger partial charge on any atom is 0.339 e. The Morgan fingerprint density at radius 2 is 2.00 bits per heavy atom. The lowest BCUT2D eigenvalue weighted by Gasteiger charge is -2.13. The molecule has 2 rings (SSSR count). The van der Waals surface area contributed by atoms with E-state index in [1.807, 2.05) is 19.1 Å². The van der Waals surface area contributed by atoms with Crippen LogP contribution in [0.4, 0.5) is 5.69 Å². The van der Waals surface area contributed by atoms with Crippen LogP contribution in [0.15, 0.2) is 48.8 Å². The molecule has 0 spiro atoms. The Labute approximate surface area is 129 Å². The highest BCUT2D eigenvalue weighted by molar-refractivity contribution is 6.01. The van der Waals surface area contributed by atoms with Crippen LogP contribution < -0.4 is 5.32 Å². The average molecular weight is 298 g/mol. The van der Waals surface area contributed by atoms with E-state index in [1.165, 1.54) is 7.11 Å². The van der Waals surface area contributed by atoms with Crippen LogP contribution in [-0.4, -0.2) is 24.0 Å². The molecule has 0 fully saturated rings. The molecule has 0 aliphatic rings. The summed E-state index contributed by atoms with van der Waals surface area (Å²) < 4.78 is 4.71. The van der Waals surface area contributed by atoms with E-state index in [2.05, 4.69) is 10.3 Å². The molecular weight excluding hydrogens is 280 g/mol. The van der Waals surface area contributed by atoms with E-state index in [9.17, 15) is 9.59 Å². The lowest BCUT2D eigenvalue weighted by atomic mass is 9.99. The zero-order valence-electron chi connectivity index (χ0n) is 12.6. The van der Waals surface area contributed by atoms with Gasteiger partial charge in [-0.05, 0) is 29.7 Å². The van der Waals surface area contributed by atoms with E-state index >= 15 is 0 Å². The Morgan fingerprint density at radius 3 is 2.68 bits per heavy atom. The molecule has 0 aliphatic carbocycles. The zero-order valence-corrected chi connectivity index (χ0v) is 12.6. The lowest BCUT2D eigenvalue weighted by Crippen LogP contribution is -2.17. The first-order chi connectivity index (χ1) is 10.6. The molecule has 1 unspecified atom stereocenters. The van der Waals surface area contributed by atoms with Crippen molar-refractivity contribution in [1.29, 1.82) is 0 Å². The van der Waals surface area contributed by atoms with Crippen LogP contribution in [-0.2, 0) is 9.53 Å². The molecular formula is C17H18N2O3. The number of amides is 1. The monoisotopic (exact) mass is 298 g/mol. The third-order valence-corrected chi connectivity index (χ3v) is 3.35. The zero-order chi connectivity index (χ0) is 15.9. The number of carbonyl (C=O) groups excluding carboxylic acids is 2. The Balaban J connectivity index is 2.05. The number of aromatic nitrogens is 1. The van der Waals surface area contributed by atoms with Gasteiger partial charge in [0.2, 0.25) is 5.91 Å². The predicted molar refractivity (Wildman–Crippen MR) is 83.7 cm³/mol. The third kappa shape index (κ3) is 3.91. The number of carbonyl (C=O) groups is 2. The van der Waals surface area contributed by atoms with Crippen molar-refractivity contribution in [3.63, 3.8) is 0 Å². The van der Waals surface area contributed by atoms with Gasteiger partial charge in [0.25, 0.3) is 0 Å². The van der Waals surface area contributed by atoms with Crippen molar-refractivity contribution < 1.29 is 14.3 Å². The highest BCUT2D eigenvalue weighted by atomic mass is 16.5. The van der Waals surface area contributed by atoms with Gasteiger partial charge < -0.3 is 10.1 Å². The van der Waals surface area contributed by atoms with Crippen LogP contribution in [0.3, 0.4) is 0 Å². The minimum atomic E-state index is -0.476. The summed E-state index contributed by atoms with van der Waals surface area (Å²) in [6, 6.07) is 10.6. The molecule has 1 atom stereocenters. The summed E-state index contributed by atoms with van der Waals surface area (Å²) >= 11 is 0. The number of hydrogen-bond donors (Lipinski definition) is 1. The first kappa shape index (κ1) is 15.7. The number of benzene rings is 1. The van der Waals surface area contributed by atoms with E-state index in [1.54, 1.807) is 36.7 Å². The molecule has 5 nitrogen and oxygen atoms in total. The van der Waals surface area contributed by atoms with Crippen molar-refractivity contribution in [1.82, 2.24) is 4.98 Å². The second-order valence-electron chi connectivity index (χ2n) is 4.98. The summed E-state index contributed by atoms with van der Waals surface area (Å²) in [7, 11) is 1.31. The van der Waals surface area contributed by atoms with Gasteiger partial charge in [0.1, 0.15) is 0 Å². The molecule has 0 saturated carbocycles. The Kier molecular flexibility index (Phi) is 5.25. The maximum absolute atomic E-state index is 12.2. The number of nitrogens with one attached hydrogen (secondary N) is 1. The van der Waals surface area contributed by atoms with E-state index in [0.717, 1.165) is 5.56 Å². The number of methoxy groups -OCH3 is 1. The van der Waals surface area contributed by atoms with E-state index in [0.29, 0.717) is 17.7 Å². The summed E-state index contributed by atoms with van der Waals surface area (Å²) in [5, 5.41) is 2.77. The minimum Gasteiger partial charge on any atom is -0.465 e. The lowest BCUT2D eigenvalue weighted by molar-refractivity contribution is -0.116. The number of ether oxygens (including phenoxy) is 1. The second-order valence-corrected chi connectivity index (χ2v) is 4.98. The van der Waals surface area contributed by atoms with Gasteiger partial charge in [-0.3, -0.25) is 9.78 Å². The van der Waals surface area contributed by atoms with E-state index < -0.39 is 5.97 Å². The molecule has 1 heterocycles. The van der Waals surface area contributed by atoms with Crippen molar-refractivity contribution >= 4 is 17.6 Å². The fourth-order valence-electron chi connectivity index (χ4n) is 2.14. The number of rotatable bonds is 5. The molecule has 114 valence electrons. The SMILES string of the molecule is COC(=O)c1ccccc1NC(=O)CC(C)c1cccnc1. The molecule has 0 bridgehead atoms. The fraction of sp³-hybridized carbons (Fsp3) is 0.235. The van der Waals surface area contributed by atoms with Gasteiger partial charge >= 0.3 is 5.97 Å². The Bertz CT molecular complexity index is 656. The molecule has 0 aliphatic heterocycles. The summed E-state index contributed by atoms with van der Waals surface area (Å²) in [6.07, 6.45) is 3.75. The van der Waals surface area contributed by atoms with Crippen molar-refractivity contribution in [3.05, 3.63) is 59.9 Å². The van der Waals surface area contributed by atoms with Crippen LogP contribution in [0.5, 0.6) is 0 Å². The molecule has 2 aromatic rings. The topological polar surface area (TPSA) is 68.3 Å². The van der Waals surface area contributed by atoms with Gasteiger partial charge in [-0.2, -0.15) is 0 Å². The predicted octanol–water partition coefficient (Wildman–Crippen LogP) is 3.00. The number of pyridine rings is 1. The standard InChI is InChI=1S/C17H18N2O3/c1-12(13-6-5-9-18-11-13)10-16(20)19-15-8-4-3-7-14(15)17(21)22-2/h3-9,11-12H,10H2,1-2H3,(H,19,20). The number of esters is 1. The first-order valence-corrected chi connectivity index (χ1v) is 6.99. The fourth-order valence-corrected chi connectivity index (χ4v) is 2.14. The highest BCUT2D eigenvalue weighted by Gasteiger charge is 2.15. The average Bonchev–Trinajstić information content (AvgIpc) is 2.55. The minimum absolute atomic E-state index is 0.0407. The van der Waals surface area contributed by atoms with Gasteiger partial charge in [-0.25, -0.2) is 4.79 Å². The van der Waals surface area contributed by atoms with Crippen molar-refractivity contribution in [2.75, 3.05) is 12.4 Å². The van der Waals surface area contributed by atoms with E-state index in [4.69, 9.17) is 4.74 Å². The Hall–Kier alpha value is -2.69. The molecule has 1 amide bonds. The third-order valence-electron chi connectivity index (χ3n) is 3.35. The largest absolute Gasteiger partial charge is 0.465 e. The van der Waals surface area contributed by atoms with Crippen molar-refractivity contribution in [2.45, 2.75) is 19.3 Å². The first-order valence-electron chi connectivity index (χ1n) is 6.99. The van der Waals surface area contributed by atoms with Crippen molar-refractivity contribution in [3.8, 4) is 0 Å². The molecule has 1 N–H and O–H groups in total. The van der Waals surface area contributed by atoms with E-state index in [-0.39, 0.29) is 11.8 Å².